The van der Waals surface area contributed by atoms with E-state index in [1.807, 2.05) is 17.5 Å². The second kappa shape index (κ2) is 8.32. The molecule has 2 saturated heterocycles. The van der Waals surface area contributed by atoms with Crippen molar-refractivity contribution in [3.05, 3.63) is 46.2 Å². The molecule has 1 unspecified atom stereocenters. The fraction of sp³-hybridized carbons (Fsp3) is 0.350. The quantitative estimate of drug-likeness (QED) is 0.400. The van der Waals surface area contributed by atoms with Crippen LogP contribution in [-0.2, 0) is 14.4 Å². The van der Waals surface area contributed by atoms with Gasteiger partial charge in [-0.1, -0.05) is 0 Å². The molecule has 0 saturated carbocycles. The van der Waals surface area contributed by atoms with Gasteiger partial charge in [-0.25, -0.2) is 9.78 Å². The zero-order valence-electron chi connectivity index (χ0n) is 15.9. The van der Waals surface area contributed by atoms with E-state index in [9.17, 15) is 19.5 Å². The average molecular weight is 467 g/mol. The van der Waals surface area contributed by atoms with Crippen molar-refractivity contribution in [1.82, 2.24) is 19.8 Å². The molecule has 0 aromatic carbocycles. The molecule has 2 aromatic heterocycles. The molecule has 1 N–H and O–H groups in total. The van der Waals surface area contributed by atoms with Crippen molar-refractivity contribution in [2.75, 3.05) is 6.54 Å². The Bertz CT molecular complexity index is 1110. The molecule has 2 fully saturated rings. The molecule has 5 rings (SSSR count). The van der Waals surface area contributed by atoms with Crippen molar-refractivity contribution < 1.29 is 19.5 Å². The van der Waals surface area contributed by atoms with Gasteiger partial charge in [0.1, 0.15) is 16.7 Å². The predicted molar refractivity (Wildman–Crippen MR) is 119 cm³/mol. The number of β-lactam (4-membered cyclic amide) rings is 1. The van der Waals surface area contributed by atoms with E-state index in [1.54, 1.807) is 17.3 Å². The fourth-order valence-corrected chi connectivity index (χ4v) is 6.06. The van der Waals surface area contributed by atoms with E-state index >= 15 is 0 Å². The summed E-state index contributed by atoms with van der Waals surface area (Å²) in [5.41, 5.74) is 2.17. The van der Waals surface area contributed by atoms with Gasteiger partial charge in [0, 0.05) is 42.7 Å². The number of hydrogen-bond donors (Lipinski definition) is 2. The van der Waals surface area contributed by atoms with Gasteiger partial charge in [-0.15, -0.1) is 11.3 Å². The molecular formula is C20H19N4NaO4S2. The number of carbonyl (C=O) groups excluding carboxylic acids is 2. The maximum atomic E-state index is 12.8. The van der Waals surface area contributed by atoms with Crippen molar-refractivity contribution in [2.24, 2.45) is 5.92 Å². The third-order valence-corrected chi connectivity index (χ3v) is 7.68. The fourth-order valence-electron chi connectivity index (χ4n) is 4.75. The maximum absolute atomic E-state index is 12.8. The summed E-state index contributed by atoms with van der Waals surface area (Å²) in [5.74, 6) is -1.64. The third kappa shape index (κ3) is 3.45. The van der Waals surface area contributed by atoms with Gasteiger partial charge in [-0.05, 0) is 24.1 Å². The number of thiazole rings is 1. The third-order valence-electron chi connectivity index (χ3n) is 6.04. The first-order valence-corrected chi connectivity index (χ1v) is 10.9. The number of likely N-dealkylation sites (tertiary alicyclic amines) is 1. The number of carboxylic acids is 1. The zero-order chi connectivity index (χ0) is 21.2. The predicted octanol–water partition coefficient (Wildman–Crippen LogP) is 1.33. The van der Waals surface area contributed by atoms with Gasteiger partial charge < -0.3 is 10.0 Å². The molecular weight excluding hydrogens is 447 g/mol. The van der Waals surface area contributed by atoms with Gasteiger partial charge in [-0.3, -0.25) is 19.5 Å². The Morgan fingerprint density at radius 3 is 2.81 bits per heavy atom. The monoisotopic (exact) mass is 466 g/mol. The molecule has 0 bridgehead atoms. The van der Waals surface area contributed by atoms with Crippen molar-refractivity contribution in [1.29, 1.82) is 0 Å². The first kappa shape index (κ1) is 22.5. The summed E-state index contributed by atoms with van der Waals surface area (Å²) < 4.78 is 0. The van der Waals surface area contributed by atoms with Crippen molar-refractivity contribution in [2.45, 2.75) is 30.7 Å². The SMILES string of the molecule is CC(=O)N1C[C@H]2CC(C(S)c3nc(-c4cccnc4)cs3)=C(C(=O)O)N3C(=O)[C@@H]1[C@@H]23.[NaH]. The normalized spacial score (nSPS) is 25.0. The Morgan fingerprint density at radius 2 is 2.16 bits per heavy atom. The molecule has 3 aliphatic rings. The Hall–Kier alpha value is -1.72. The zero-order valence-corrected chi connectivity index (χ0v) is 17.6. The molecule has 3 aliphatic heterocycles. The number of amides is 2. The number of carbonyl (C=O) groups is 3. The van der Waals surface area contributed by atoms with Crippen LogP contribution >= 0.6 is 24.0 Å². The Morgan fingerprint density at radius 1 is 1.39 bits per heavy atom. The van der Waals surface area contributed by atoms with Crippen LogP contribution in [0.4, 0.5) is 0 Å². The second-order valence-corrected chi connectivity index (χ2v) is 9.08. The van der Waals surface area contributed by atoms with Gasteiger partial charge in [0.25, 0.3) is 5.91 Å². The molecule has 31 heavy (non-hydrogen) atoms. The van der Waals surface area contributed by atoms with E-state index < -0.39 is 17.3 Å². The summed E-state index contributed by atoms with van der Waals surface area (Å²) in [4.78, 5) is 48.5. The minimum atomic E-state index is -1.15. The van der Waals surface area contributed by atoms with Crippen LogP contribution in [0.15, 0.2) is 41.2 Å². The van der Waals surface area contributed by atoms with Crippen molar-refractivity contribution in [3.63, 3.8) is 0 Å². The van der Waals surface area contributed by atoms with E-state index in [1.165, 1.54) is 23.2 Å². The summed E-state index contributed by atoms with van der Waals surface area (Å²) >= 11 is 6.11. The van der Waals surface area contributed by atoms with Crippen LogP contribution in [0.1, 0.15) is 23.6 Å². The van der Waals surface area contributed by atoms with Crippen LogP contribution in [0.3, 0.4) is 0 Å². The Balaban J connectivity index is 0.00000231. The van der Waals surface area contributed by atoms with Gasteiger partial charge >= 0.3 is 35.5 Å². The van der Waals surface area contributed by atoms with Crippen LogP contribution in [0.25, 0.3) is 11.3 Å². The van der Waals surface area contributed by atoms with Crippen molar-refractivity contribution >= 4 is 71.3 Å². The first-order chi connectivity index (χ1) is 14.4. The average Bonchev–Trinajstić information content (AvgIpc) is 3.36. The number of aliphatic carboxylic acids is 1. The van der Waals surface area contributed by atoms with Crippen LogP contribution in [0.5, 0.6) is 0 Å². The molecule has 11 heteroatoms. The molecule has 156 valence electrons. The molecule has 0 spiro atoms. The standard InChI is InChI=1S/C20H18N4O4S2.Na.H/c1-9(25)23-7-11-5-12(15(20(27)28)24-14(11)16(23)19(24)26)17(29)18-22-13(8-30-18)10-3-2-4-21-6-10;;/h2-4,6,8,11,14,16-17,29H,5,7H2,1H3,(H,27,28);;/t11-,14-,16+,17?;;/m1../s1. The molecule has 2 amide bonds. The van der Waals surface area contributed by atoms with Crippen LogP contribution in [0.2, 0.25) is 0 Å². The number of thiol groups is 1. The van der Waals surface area contributed by atoms with E-state index in [0.717, 1.165) is 11.3 Å². The number of rotatable bonds is 4. The summed E-state index contributed by atoms with van der Waals surface area (Å²) in [6.07, 6.45) is 3.86. The molecule has 2 aromatic rings. The number of nitrogens with zero attached hydrogens (tertiary/aromatic N) is 4. The van der Waals surface area contributed by atoms with Gasteiger partial charge in [0.15, 0.2) is 0 Å². The summed E-state index contributed by atoms with van der Waals surface area (Å²) in [5, 5.41) is 11.9. The van der Waals surface area contributed by atoms with Crippen molar-refractivity contribution in [3.8, 4) is 11.3 Å². The molecule has 5 heterocycles. The number of carboxylic acid groups (broad SMARTS) is 1. The van der Waals surface area contributed by atoms with Crippen LogP contribution < -0.4 is 0 Å². The second-order valence-electron chi connectivity index (χ2n) is 7.67. The Labute approximate surface area is 210 Å². The number of pyridine rings is 1. The number of aromatic nitrogens is 2. The molecule has 0 aliphatic carbocycles. The minimum absolute atomic E-state index is 0. The summed E-state index contributed by atoms with van der Waals surface area (Å²) in [6.45, 7) is 1.89. The summed E-state index contributed by atoms with van der Waals surface area (Å²) in [7, 11) is 0. The Kier molecular flexibility index (Phi) is 6.04. The van der Waals surface area contributed by atoms with E-state index in [-0.39, 0.29) is 59.0 Å². The molecule has 4 atom stereocenters. The van der Waals surface area contributed by atoms with Crippen LogP contribution in [-0.4, -0.2) is 90.8 Å². The molecule has 8 nitrogen and oxygen atoms in total. The van der Waals surface area contributed by atoms with E-state index in [0.29, 0.717) is 23.5 Å². The number of hydrogen-bond acceptors (Lipinski definition) is 7. The topological polar surface area (TPSA) is 104 Å². The van der Waals surface area contributed by atoms with E-state index in [2.05, 4.69) is 9.97 Å². The summed E-state index contributed by atoms with van der Waals surface area (Å²) in [6, 6.07) is 2.92. The van der Waals surface area contributed by atoms with Gasteiger partial charge in [0.2, 0.25) is 5.91 Å². The van der Waals surface area contributed by atoms with Gasteiger partial charge in [-0.2, -0.15) is 12.6 Å². The van der Waals surface area contributed by atoms with Crippen LogP contribution in [0, 0.1) is 5.92 Å². The van der Waals surface area contributed by atoms with E-state index in [4.69, 9.17) is 12.6 Å². The first-order valence-electron chi connectivity index (χ1n) is 9.49. The van der Waals surface area contributed by atoms with Gasteiger partial charge in [0.05, 0.1) is 17.0 Å². The molecule has 0 radical (unpaired) electrons.